The third kappa shape index (κ3) is 2.93. The number of nitrogens with zero attached hydrogens (tertiary/aromatic N) is 1. The maximum atomic E-state index is 10.2. The molecule has 1 unspecified atom stereocenters. The number of aliphatic hydroxyl groups is 1. The van der Waals surface area contributed by atoms with Crippen LogP contribution in [0.15, 0.2) is 23.6 Å². The lowest BCUT2D eigenvalue weighted by Gasteiger charge is -2.11. The van der Waals surface area contributed by atoms with Crippen molar-refractivity contribution in [3.63, 3.8) is 0 Å². The summed E-state index contributed by atoms with van der Waals surface area (Å²) in [6, 6.07) is 6.34. The first-order valence-electron chi connectivity index (χ1n) is 5.72. The van der Waals surface area contributed by atoms with Crippen LogP contribution in [0.1, 0.15) is 33.5 Å². The minimum atomic E-state index is -0.491. The van der Waals surface area contributed by atoms with Gasteiger partial charge in [-0.05, 0) is 31.9 Å². The highest BCUT2D eigenvalue weighted by atomic mass is 32.1. The first-order chi connectivity index (χ1) is 8.06. The fourth-order valence-corrected chi connectivity index (χ4v) is 2.62. The number of benzene rings is 1. The first kappa shape index (κ1) is 12.3. The number of aryl methyl sites for hydroxylation is 3. The Labute approximate surface area is 106 Å². The smallest absolute Gasteiger partial charge is 0.122 e. The molecule has 1 aromatic heterocycles. The summed E-state index contributed by atoms with van der Waals surface area (Å²) in [5.41, 5.74) is 4.63. The highest BCUT2D eigenvalue weighted by molar-refractivity contribution is 7.09. The van der Waals surface area contributed by atoms with Gasteiger partial charge in [0, 0.05) is 17.5 Å². The van der Waals surface area contributed by atoms with Crippen molar-refractivity contribution < 1.29 is 5.11 Å². The van der Waals surface area contributed by atoms with Gasteiger partial charge < -0.3 is 5.11 Å². The van der Waals surface area contributed by atoms with E-state index in [0.717, 1.165) is 10.7 Å². The molecule has 0 spiro atoms. The standard InChI is InChI=1S/C14H17NOS/c1-9-4-5-10(2)12(6-9)7-13(16)14-15-11(3)8-17-14/h4-6,8,13,16H,7H2,1-3H3. The molecule has 2 rings (SSSR count). The lowest BCUT2D eigenvalue weighted by atomic mass is 10.0. The van der Waals surface area contributed by atoms with Crippen LogP contribution in [0.3, 0.4) is 0 Å². The van der Waals surface area contributed by atoms with Gasteiger partial charge in [0.15, 0.2) is 0 Å². The van der Waals surface area contributed by atoms with Gasteiger partial charge in [-0.25, -0.2) is 4.98 Å². The Morgan fingerprint density at radius 1 is 1.29 bits per heavy atom. The zero-order valence-electron chi connectivity index (χ0n) is 10.4. The highest BCUT2D eigenvalue weighted by Crippen LogP contribution is 2.23. The highest BCUT2D eigenvalue weighted by Gasteiger charge is 2.13. The molecule has 2 nitrogen and oxygen atoms in total. The summed E-state index contributed by atoms with van der Waals surface area (Å²) in [4.78, 5) is 4.33. The van der Waals surface area contributed by atoms with E-state index in [1.807, 2.05) is 12.3 Å². The topological polar surface area (TPSA) is 33.1 Å². The van der Waals surface area contributed by atoms with Crippen molar-refractivity contribution in [2.75, 3.05) is 0 Å². The largest absolute Gasteiger partial charge is 0.386 e. The molecule has 0 saturated heterocycles. The van der Waals surface area contributed by atoms with E-state index in [4.69, 9.17) is 0 Å². The van der Waals surface area contributed by atoms with E-state index in [-0.39, 0.29) is 0 Å². The SMILES string of the molecule is Cc1ccc(C)c(CC(O)c2nc(C)cs2)c1. The first-order valence-corrected chi connectivity index (χ1v) is 6.60. The summed E-state index contributed by atoms with van der Waals surface area (Å²) < 4.78 is 0. The summed E-state index contributed by atoms with van der Waals surface area (Å²) in [5, 5.41) is 12.9. The molecule has 0 aliphatic rings. The summed E-state index contributed by atoms with van der Waals surface area (Å²) >= 11 is 1.53. The number of hydrogen-bond donors (Lipinski definition) is 1. The van der Waals surface area contributed by atoms with Gasteiger partial charge >= 0.3 is 0 Å². The maximum Gasteiger partial charge on any atom is 0.122 e. The Morgan fingerprint density at radius 3 is 2.71 bits per heavy atom. The normalized spacial score (nSPS) is 12.7. The van der Waals surface area contributed by atoms with E-state index in [9.17, 15) is 5.11 Å². The molecular weight excluding hydrogens is 230 g/mol. The van der Waals surface area contributed by atoms with Crippen LogP contribution >= 0.6 is 11.3 Å². The second-order valence-corrected chi connectivity index (χ2v) is 5.37. The van der Waals surface area contributed by atoms with Crippen molar-refractivity contribution in [1.82, 2.24) is 4.98 Å². The molecule has 90 valence electrons. The molecule has 0 amide bonds. The molecule has 0 aliphatic heterocycles. The Hall–Kier alpha value is -1.19. The Bertz CT molecular complexity index is 519. The van der Waals surface area contributed by atoms with Gasteiger partial charge in [0.2, 0.25) is 0 Å². The van der Waals surface area contributed by atoms with Crippen molar-refractivity contribution in [2.24, 2.45) is 0 Å². The second kappa shape index (κ2) is 4.98. The van der Waals surface area contributed by atoms with Gasteiger partial charge in [-0.3, -0.25) is 0 Å². The molecule has 0 bridgehead atoms. The van der Waals surface area contributed by atoms with Crippen LogP contribution in [0.5, 0.6) is 0 Å². The molecule has 1 aromatic carbocycles. The zero-order chi connectivity index (χ0) is 12.4. The molecule has 3 heteroatoms. The van der Waals surface area contributed by atoms with Crippen molar-refractivity contribution in [3.8, 4) is 0 Å². The van der Waals surface area contributed by atoms with E-state index in [0.29, 0.717) is 6.42 Å². The number of thiazole rings is 1. The van der Waals surface area contributed by atoms with E-state index in [1.165, 1.54) is 28.0 Å². The Morgan fingerprint density at radius 2 is 2.06 bits per heavy atom. The quantitative estimate of drug-likeness (QED) is 0.902. The molecule has 1 atom stereocenters. The summed E-state index contributed by atoms with van der Waals surface area (Å²) in [6.07, 6.45) is 0.148. The Kier molecular flexibility index (Phi) is 3.60. The van der Waals surface area contributed by atoms with E-state index < -0.39 is 6.10 Å². The molecule has 2 aromatic rings. The molecule has 0 aliphatic carbocycles. The molecule has 0 saturated carbocycles. The van der Waals surface area contributed by atoms with Gasteiger partial charge in [-0.15, -0.1) is 11.3 Å². The van der Waals surface area contributed by atoms with Crippen LogP contribution in [0.25, 0.3) is 0 Å². The minimum absolute atomic E-state index is 0.491. The van der Waals surface area contributed by atoms with E-state index in [2.05, 4.69) is 37.0 Å². The molecule has 1 heterocycles. The number of hydrogen-bond acceptors (Lipinski definition) is 3. The van der Waals surface area contributed by atoms with Crippen LogP contribution in [0, 0.1) is 20.8 Å². The molecule has 0 fully saturated rings. The van der Waals surface area contributed by atoms with Gasteiger partial charge in [0.05, 0.1) is 0 Å². The average molecular weight is 247 g/mol. The van der Waals surface area contributed by atoms with Crippen LogP contribution in [-0.4, -0.2) is 10.1 Å². The fourth-order valence-electron chi connectivity index (χ4n) is 1.84. The third-order valence-corrected chi connectivity index (χ3v) is 3.90. The molecular formula is C14H17NOS. The van der Waals surface area contributed by atoms with Crippen LogP contribution in [-0.2, 0) is 6.42 Å². The lowest BCUT2D eigenvalue weighted by Crippen LogP contribution is -2.03. The summed E-state index contributed by atoms with van der Waals surface area (Å²) in [6.45, 7) is 6.10. The lowest BCUT2D eigenvalue weighted by molar-refractivity contribution is 0.177. The van der Waals surface area contributed by atoms with E-state index in [1.54, 1.807) is 0 Å². The maximum absolute atomic E-state index is 10.2. The number of aliphatic hydroxyl groups excluding tert-OH is 1. The zero-order valence-corrected chi connectivity index (χ0v) is 11.2. The van der Waals surface area contributed by atoms with Gasteiger partial charge in [0.1, 0.15) is 11.1 Å². The van der Waals surface area contributed by atoms with Crippen LogP contribution < -0.4 is 0 Å². The predicted molar refractivity (Wildman–Crippen MR) is 71.4 cm³/mol. The molecule has 17 heavy (non-hydrogen) atoms. The molecule has 0 radical (unpaired) electrons. The predicted octanol–water partition coefficient (Wildman–Crippen LogP) is 3.34. The van der Waals surface area contributed by atoms with Gasteiger partial charge in [-0.1, -0.05) is 23.8 Å². The monoisotopic (exact) mass is 247 g/mol. The average Bonchev–Trinajstić information content (AvgIpc) is 2.70. The summed E-state index contributed by atoms with van der Waals surface area (Å²) in [5.74, 6) is 0. The number of aromatic nitrogens is 1. The second-order valence-electron chi connectivity index (χ2n) is 4.48. The van der Waals surface area contributed by atoms with Crippen molar-refractivity contribution >= 4 is 11.3 Å². The van der Waals surface area contributed by atoms with Crippen LogP contribution in [0.2, 0.25) is 0 Å². The van der Waals surface area contributed by atoms with Crippen molar-refractivity contribution in [1.29, 1.82) is 0 Å². The van der Waals surface area contributed by atoms with Crippen molar-refractivity contribution in [3.05, 3.63) is 51.0 Å². The van der Waals surface area contributed by atoms with Gasteiger partial charge in [-0.2, -0.15) is 0 Å². The van der Waals surface area contributed by atoms with Crippen molar-refractivity contribution in [2.45, 2.75) is 33.3 Å². The third-order valence-electron chi connectivity index (χ3n) is 2.84. The van der Waals surface area contributed by atoms with Crippen LogP contribution in [0.4, 0.5) is 0 Å². The number of rotatable bonds is 3. The van der Waals surface area contributed by atoms with E-state index >= 15 is 0 Å². The fraction of sp³-hybridized carbons (Fsp3) is 0.357. The van der Waals surface area contributed by atoms with Gasteiger partial charge in [0.25, 0.3) is 0 Å². The minimum Gasteiger partial charge on any atom is -0.386 e. The summed E-state index contributed by atoms with van der Waals surface area (Å²) in [7, 11) is 0. The molecule has 1 N–H and O–H groups in total. The Balaban J connectivity index is 2.18.